The van der Waals surface area contributed by atoms with Gasteiger partial charge in [0.25, 0.3) is 0 Å². The van der Waals surface area contributed by atoms with E-state index in [2.05, 4.69) is 4.99 Å². The molecule has 1 unspecified atom stereocenters. The van der Waals surface area contributed by atoms with Crippen molar-refractivity contribution < 1.29 is 19.0 Å². The molecule has 5 nitrogen and oxygen atoms in total. The number of isocyanates is 1. The van der Waals surface area contributed by atoms with Gasteiger partial charge in [0.05, 0.1) is 20.3 Å². The molecule has 1 heterocycles. The van der Waals surface area contributed by atoms with Gasteiger partial charge in [-0.15, -0.1) is 0 Å². The fraction of sp³-hybridized carbons (Fsp3) is 0.500. The number of nitrogens with zero attached hydrogens (tertiary/aromatic N) is 1. The van der Waals surface area contributed by atoms with Crippen molar-refractivity contribution in [1.29, 1.82) is 0 Å². The maximum Gasteiger partial charge on any atom is 0.235 e. The molecule has 0 radical (unpaired) electrons. The van der Waals surface area contributed by atoms with Crippen LogP contribution in [0.1, 0.15) is 18.4 Å². The van der Waals surface area contributed by atoms with Gasteiger partial charge in [0.15, 0.2) is 11.5 Å². The van der Waals surface area contributed by atoms with E-state index in [0.29, 0.717) is 24.7 Å². The molecule has 1 aromatic carbocycles. The standard InChI is InChI=1S/C14H17NO4/c1-17-14-7-11(8-15-10-16)4-5-13(14)19-12-3-2-6-18-9-12/h4-5,7,12H,2-3,6,8-9H2,1H3. The third-order valence-electron chi connectivity index (χ3n) is 2.97. The van der Waals surface area contributed by atoms with Gasteiger partial charge in [-0.2, -0.15) is 0 Å². The third kappa shape index (κ3) is 3.81. The second-order valence-electron chi connectivity index (χ2n) is 4.35. The summed E-state index contributed by atoms with van der Waals surface area (Å²) >= 11 is 0. The van der Waals surface area contributed by atoms with Crippen molar-refractivity contribution in [3.05, 3.63) is 23.8 Å². The van der Waals surface area contributed by atoms with E-state index < -0.39 is 0 Å². The number of hydrogen-bond donors (Lipinski definition) is 0. The zero-order valence-corrected chi connectivity index (χ0v) is 10.9. The van der Waals surface area contributed by atoms with Gasteiger partial charge in [-0.1, -0.05) is 6.07 Å². The first-order chi connectivity index (χ1) is 9.33. The van der Waals surface area contributed by atoms with Crippen LogP contribution in [0.5, 0.6) is 11.5 Å². The molecule has 0 spiro atoms. The molecule has 2 rings (SSSR count). The predicted octanol–water partition coefficient (Wildman–Crippen LogP) is 2.09. The summed E-state index contributed by atoms with van der Waals surface area (Å²) < 4.78 is 16.6. The van der Waals surface area contributed by atoms with Crippen LogP contribution in [0.3, 0.4) is 0 Å². The second kappa shape index (κ2) is 6.92. The maximum atomic E-state index is 10.1. The van der Waals surface area contributed by atoms with Gasteiger partial charge in [-0.25, -0.2) is 9.79 Å². The molecule has 5 heteroatoms. The highest BCUT2D eigenvalue weighted by Gasteiger charge is 2.17. The molecule has 0 aromatic heterocycles. The molecule has 19 heavy (non-hydrogen) atoms. The van der Waals surface area contributed by atoms with Crippen LogP contribution in [-0.2, 0) is 16.1 Å². The van der Waals surface area contributed by atoms with Crippen LogP contribution < -0.4 is 9.47 Å². The van der Waals surface area contributed by atoms with E-state index in [1.165, 1.54) is 6.08 Å². The van der Waals surface area contributed by atoms with E-state index in [-0.39, 0.29) is 6.10 Å². The Labute approximate surface area is 112 Å². The Morgan fingerprint density at radius 2 is 2.37 bits per heavy atom. The van der Waals surface area contributed by atoms with Crippen molar-refractivity contribution in [3.63, 3.8) is 0 Å². The summed E-state index contributed by atoms with van der Waals surface area (Å²) in [5, 5.41) is 0. The van der Waals surface area contributed by atoms with Gasteiger partial charge in [0.1, 0.15) is 6.10 Å². The molecule has 102 valence electrons. The number of rotatable bonds is 5. The lowest BCUT2D eigenvalue weighted by molar-refractivity contribution is 0.00643. The molecule has 0 amide bonds. The highest BCUT2D eigenvalue weighted by atomic mass is 16.5. The summed E-state index contributed by atoms with van der Waals surface area (Å²) in [4.78, 5) is 13.6. The van der Waals surface area contributed by atoms with Crippen LogP contribution in [0, 0.1) is 0 Å². The lowest BCUT2D eigenvalue weighted by Gasteiger charge is -2.24. The van der Waals surface area contributed by atoms with E-state index >= 15 is 0 Å². The van der Waals surface area contributed by atoms with Crippen LogP contribution >= 0.6 is 0 Å². The number of hydrogen-bond acceptors (Lipinski definition) is 5. The van der Waals surface area contributed by atoms with Crippen LogP contribution in [0.25, 0.3) is 0 Å². The molecule has 0 bridgehead atoms. The van der Waals surface area contributed by atoms with Crippen molar-refractivity contribution in [1.82, 2.24) is 0 Å². The average Bonchev–Trinajstić information content (AvgIpc) is 2.47. The maximum absolute atomic E-state index is 10.1. The van der Waals surface area contributed by atoms with Gasteiger partial charge in [0.2, 0.25) is 6.08 Å². The number of methoxy groups -OCH3 is 1. The van der Waals surface area contributed by atoms with Crippen molar-refractivity contribution in [3.8, 4) is 11.5 Å². The van der Waals surface area contributed by atoms with Gasteiger partial charge < -0.3 is 14.2 Å². The van der Waals surface area contributed by atoms with Gasteiger partial charge in [-0.3, -0.25) is 0 Å². The van der Waals surface area contributed by atoms with Crippen LogP contribution in [0.2, 0.25) is 0 Å². The Hall–Kier alpha value is -1.84. The Bertz CT molecular complexity index is 463. The zero-order chi connectivity index (χ0) is 13.5. The molecular formula is C14H17NO4. The summed E-state index contributed by atoms with van der Waals surface area (Å²) in [5.41, 5.74) is 0.882. The molecule has 1 atom stereocenters. The van der Waals surface area contributed by atoms with Gasteiger partial charge in [-0.05, 0) is 30.5 Å². The highest BCUT2D eigenvalue weighted by molar-refractivity contribution is 5.43. The topological polar surface area (TPSA) is 57.1 Å². The number of carbonyl (C=O) groups excluding carboxylic acids is 1. The fourth-order valence-electron chi connectivity index (χ4n) is 2.01. The third-order valence-corrected chi connectivity index (χ3v) is 2.97. The summed E-state index contributed by atoms with van der Waals surface area (Å²) in [6.07, 6.45) is 3.59. The minimum atomic E-state index is 0.0708. The summed E-state index contributed by atoms with van der Waals surface area (Å²) in [5.74, 6) is 1.33. The second-order valence-corrected chi connectivity index (χ2v) is 4.35. The first kappa shape index (κ1) is 13.6. The molecule has 0 aliphatic carbocycles. The Kier molecular flexibility index (Phi) is 4.95. The van der Waals surface area contributed by atoms with Crippen molar-refractivity contribution in [2.75, 3.05) is 20.3 Å². The Balaban J connectivity index is 2.08. The SMILES string of the molecule is COc1cc(CN=C=O)ccc1OC1CCCOC1. The molecule has 1 aliphatic heterocycles. The van der Waals surface area contributed by atoms with Crippen molar-refractivity contribution >= 4 is 6.08 Å². The predicted molar refractivity (Wildman–Crippen MR) is 69.3 cm³/mol. The van der Waals surface area contributed by atoms with E-state index in [9.17, 15) is 4.79 Å². The molecule has 1 aromatic rings. The summed E-state index contributed by atoms with van der Waals surface area (Å²) in [6, 6.07) is 5.52. The Morgan fingerprint density at radius 1 is 1.47 bits per heavy atom. The Morgan fingerprint density at radius 3 is 3.05 bits per heavy atom. The monoisotopic (exact) mass is 263 g/mol. The molecule has 1 aliphatic rings. The first-order valence-electron chi connectivity index (χ1n) is 6.28. The van der Waals surface area contributed by atoms with E-state index in [1.807, 2.05) is 18.2 Å². The van der Waals surface area contributed by atoms with E-state index in [1.54, 1.807) is 7.11 Å². The highest BCUT2D eigenvalue weighted by Crippen LogP contribution is 2.30. The lowest BCUT2D eigenvalue weighted by atomic mass is 10.1. The molecule has 0 saturated carbocycles. The van der Waals surface area contributed by atoms with Crippen LogP contribution in [0.4, 0.5) is 0 Å². The molecule has 0 N–H and O–H groups in total. The minimum Gasteiger partial charge on any atom is -0.493 e. The fourth-order valence-corrected chi connectivity index (χ4v) is 2.01. The van der Waals surface area contributed by atoms with Crippen LogP contribution in [-0.4, -0.2) is 32.5 Å². The zero-order valence-electron chi connectivity index (χ0n) is 10.9. The van der Waals surface area contributed by atoms with Crippen molar-refractivity contribution in [2.45, 2.75) is 25.5 Å². The van der Waals surface area contributed by atoms with Crippen molar-refractivity contribution in [2.24, 2.45) is 4.99 Å². The average molecular weight is 263 g/mol. The lowest BCUT2D eigenvalue weighted by Crippen LogP contribution is -2.28. The number of benzene rings is 1. The summed E-state index contributed by atoms with van der Waals surface area (Å²) in [7, 11) is 1.59. The number of aliphatic imine (C=N–C) groups is 1. The minimum absolute atomic E-state index is 0.0708. The number of ether oxygens (including phenoxy) is 3. The first-order valence-corrected chi connectivity index (χ1v) is 6.28. The molecular weight excluding hydrogens is 246 g/mol. The molecule has 1 fully saturated rings. The smallest absolute Gasteiger partial charge is 0.235 e. The van der Waals surface area contributed by atoms with Crippen LogP contribution in [0.15, 0.2) is 23.2 Å². The largest absolute Gasteiger partial charge is 0.493 e. The normalized spacial score (nSPS) is 18.5. The van der Waals surface area contributed by atoms with E-state index in [4.69, 9.17) is 14.2 Å². The van der Waals surface area contributed by atoms with Gasteiger partial charge in [0, 0.05) is 6.61 Å². The summed E-state index contributed by atoms with van der Waals surface area (Å²) in [6.45, 7) is 1.71. The van der Waals surface area contributed by atoms with Gasteiger partial charge >= 0.3 is 0 Å². The molecule has 1 saturated heterocycles. The van der Waals surface area contributed by atoms with E-state index in [0.717, 1.165) is 25.0 Å². The quantitative estimate of drug-likeness (QED) is 0.603.